The van der Waals surface area contributed by atoms with E-state index in [0.29, 0.717) is 44.2 Å². The lowest BCUT2D eigenvalue weighted by molar-refractivity contribution is 0.181. The lowest BCUT2D eigenvalue weighted by Gasteiger charge is -2.34. The zero-order chi connectivity index (χ0) is 19.4. The molecule has 6 nitrogen and oxygen atoms in total. The molecule has 0 N–H and O–H groups in total. The standard InChI is InChI=1S/C19H23FN2O4S.ClH/c1-25-18-7-6-17(13-19(18)26-2)27(23,24)22-10-8-21(9-11-22)14-15-4-3-5-16(20)12-15;/h3-7,12-13H,8-11,14H2,1-2H3;1H. The van der Waals surface area contributed by atoms with Gasteiger partial charge in [0.15, 0.2) is 11.5 Å². The fourth-order valence-electron chi connectivity index (χ4n) is 3.15. The Morgan fingerprint density at radius 1 is 0.964 bits per heavy atom. The number of hydrogen-bond donors (Lipinski definition) is 0. The van der Waals surface area contributed by atoms with Gasteiger partial charge >= 0.3 is 0 Å². The predicted molar refractivity (Wildman–Crippen MR) is 107 cm³/mol. The summed E-state index contributed by atoms with van der Waals surface area (Å²) in [5.41, 5.74) is 0.881. The molecule has 2 aromatic carbocycles. The van der Waals surface area contributed by atoms with Crippen LogP contribution in [0, 0.1) is 5.82 Å². The van der Waals surface area contributed by atoms with Gasteiger partial charge in [0.1, 0.15) is 5.82 Å². The monoisotopic (exact) mass is 430 g/mol. The minimum Gasteiger partial charge on any atom is -0.493 e. The van der Waals surface area contributed by atoms with E-state index in [4.69, 9.17) is 9.47 Å². The Labute approximate surface area is 171 Å². The molecule has 154 valence electrons. The molecule has 0 saturated carbocycles. The van der Waals surface area contributed by atoms with E-state index < -0.39 is 10.0 Å². The third kappa shape index (κ3) is 4.94. The van der Waals surface area contributed by atoms with Crippen molar-refractivity contribution in [3.8, 4) is 11.5 Å². The lowest BCUT2D eigenvalue weighted by Crippen LogP contribution is -2.48. The maximum Gasteiger partial charge on any atom is 0.243 e. The second-order valence-electron chi connectivity index (χ2n) is 6.33. The van der Waals surface area contributed by atoms with E-state index in [1.54, 1.807) is 12.1 Å². The van der Waals surface area contributed by atoms with E-state index in [1.807, 2.05) is 6.07 Å². The van der Waals surface area contributed by atoms with Crippen LogP contribution in [-0.2, 0) is 16.6 Å². The molecule has 1 aliphatic heterocycles. The Morgan fingerprint density at radius 2 is 1.64 bits per heavy atom. The molecule has 28 heavy (non-hydrogen) atoms. The minimum atomic E-state index is -3.61. The van der Waals surface area contributed by atoms with E-state index in [-0.39, 0.29) is 23.1 Å². The predicted octanol–water partition coefficient (Wildman–Crippen LogP) is 2.77. The number of nitrogens with zero attached hydrogens (tertiary/aromatic N) is 2. The zero-order valence-corrected chi connectivity index (χ0v) is 17.4. The van der Waals surface area contributed by atoms with E-state index >= 15 is 0 Å². The number of halogens is 2. The van der Waals surface area contributed by atoms with E-state index in [2.05, 4.69) is 4.90 Å². The van der Waals surface area contributed by atoms with Gasteiger partial charge in [-0.3, -0.25) is 4.90 Å². The molecule has 0 amide bonds. The summed E-state index contributed by atoms with van der Waals surface area (Å²) in [7, 11) is -0.636. The van der Waals surface area contributed by atoms with Gasteiger partial charge in [0.05, 0.1) is 19.1 Å². The van der Waals surface area contributed by atoms with Crippen molar-refractivity contribution in [2.45, 2.75) is 11.4 Å². The summed E-state index contributed by atoms with van der Waals surface area (Å²) < 4.78 is 51.0. The first kappa shape index (κ1) is 22.4. The van der Waals surface area contributed by atoms with Gasteiger partial charge in [0, 0.05) is 38.8 Å². The quantitative estimate of drug-likeness (QED) is 0.705. The molecule has 2 aromatic rings. The third-order valence-corrected chi connectivity index (χ3v) is 6.51. The van der Waals surface area contributed by atoms with Gasteiger partial charge in [-0.15, -0.1) is 12.4 Å². The second-order valence-corrected chi connectivity index (χ2v) is 8.26. The number of ether oxygens (including phenoxy) is 2. The van der Waals surface area contributed by atoms with Crippen molar-refractivity contribution >= 4 is 22.4 Å². The summed E-state index contributed by atoms with van der Waals surface area (Å²) in [6.45, 7) is 2.53. The van der Waals surface area contributed by atoms with Gasteiger partial charge in [0.2, 0.25) is 10.0 Å². The van der Waals surface area contributed by atoms with Crippen LogP contribution < -0.4 is 9.47 Å². The highest BCUT2D eigenvalue weighted by atomic mass is 35.5. The Bertz CT molecular complexity index is 903. The number of benzene rings is 2. The Kier molecular flexibility index (Phi) is 7.65. The average molecular weight is 431 g/mol. The molecule has 0 aromatic heterocycles. The van der Waals surface area contributed by atoms with Gasteiger partial charge in [-0.2, -0.15) is 4.31 Å². The molecule has 1 heterocycles. The van der Waals surface area contributed by atoms with Crippen LogP contribution in [0.15, 0.2) is 47.4 Å². The van der Waals surface area contributed by atoms with Crippen LogP contribution in [0.25, 0.3) is 0 Å². The van der Waals surface area contributed by atoms with Crippen molar-refractivity contribution in [3.63, 3.8) is 0 Å². The van der Waals surface area contributed by atoms with Crippen molar-refractivity contribution in [1.82, 2.24) is 9.21 Å². The molecule has 1 fully saturated rings. The van der Waals surface area contributed by atoms with Crippen LogP contribution in [0.2, 0.25) is 0 Å². The van der Waals surface area contributed by atoms with Crippen molar-refractivity contribution < 1.29 is 22.3 Å². The molecule has 1 aliphatic rings. The van der Waals surface area contributed by atoms with E-state index in [0.717, 1.165) is 5.56 Å². The van der Waals surface area contributed by atoms with E-state index in [9.17, 15) is 12.8 Å². The first-order valence-corrected chi connectivity index (χ1v) is 10.1. The molecule has 0 bridgehead atoms. The fraction of sp³-hybridized carbons (Fsp3) is 0.368. The van der Waals surface area contributed by atoms with Gasteiger partial charge < -0.3 is 9.47 Å². The number of piperazine rings is 1. The molecule has 3 rings (SSSR count). The number of methoxy groups -OCH3 is 2. The van der Waals surface area contributed by atoms with Crippen molar-refractivity contribution in [2.24, 2.45) is 0 Å². The van der Waals surface area contributed by atoms with Gasteiger partial charge in [-0.05, 0) is 29.8 Å². The van der Waals surface area contributed by atoms with Crippen molar-refractivity contribution in [3.05, 3.63) is 53.8 Å². The molecular formula is C19H24ClFN2O4S. The van der Waals surface area contributed by atoms with Crippen LogP contribution in [0.5, 0.6) is 11.5 Å². The number of hydrogen-bond acceptors (Lipinski definition) is 5. The zero-order valence-electron chi connectivity index (χ0n) is 15.8. The molecule has 0 unspecified atom stereocenters. The van der Waals surface area contributed by atoms with E-state index in [1.165, 1.54) is 42.8 Å². The minimum absolute atomic E-state index is 0. The molecule has 9 heteroatoms. The van der Waals surface area contributed by atoms with Crippen LogP contribution in [0.1, 0.15) is 5.56 Å². The second kappa shape index (κ2) is 9.56. The number of rotatable bonds is 6. The summed E-state index contributed by atoms with van der Waals surface area (Å²) in [5, 5.41) is 0. The first-order valence-electron chi connectivity index (χ1n) is 8.63. The Hall–Kier alpha value is -1.87. The third-order valence-electron chi connectivity index (χ3n) is 4.62. The van der Waals surface area contributed by atoms with Crippen LogP contribution in [0.3, 0.4) is 0 Å². The van der Waals surface area contributed by atoms with Crippen LogP contribution in [0.4, 0.5) is 4.39 Å². The van der Waals surface area contributed by atoms with Gasteiger partial charge in [0.25, 0.3) is 0 Å². The Balaban J connectivity index is 0.00000280. The SMILES string of the molecule is COc1ccc(S(=O)(=O)N2CCN(Cc3cccc(F)c3)CC2)cc1OC.Cl. The highest BCUT2D eigenvalue weighted by molar-refractivity contribution is 7.89. The van der Waals surface area contributed by atoms with Gasteiger partial charge in [-0.25, -0.2) is 12.8 Å². The van der Waals surface area contributed by atoms with Gasteiger partial charge in [-0.1, -0.05) is 12.1 Å². The number of sulfonamides is 1. The normalized spacial score (nSPS) is 15.7. The van der Waals surface area contributed by atoms with Crippen molar-refractivity contribution in [1.29, 1.82) is 0 Å². The highest BCUT2D eigenvalue weighted by Gasteiger charge is 2.29. The molecular weight excluding hydrogens is 407 g/mol. The summed E-state index contributed by atoms with van der Waals surface area (Å²) in [4.78, 5) is 2.30. The molecule has 0 aliphatic carbocycles. The highest BCUT2D eigenvalue weighted by Crippen LogP contribution is 2.31. The molecule has 0 spiro atoms. The molecule has 0 radical (unpaired) electrons. The van der Waals surface area contributed by atoms with Crippen molar-refractivity contribution in [2.75, 3.05) is 40.4 Å². The molecule has 0 atom stereocenters. The lowest BCUT2D eigenvalue weighted by atomic mass is 10.2. The van der Waals surface area contributed by atoms with Crippen LogP contribution >= 0.6 is 12.4 Å². The fourth-order valence-corrected chi connectivity index (χ4v) is 4.59. The summed E-state index contributed by atoms with van der Waals surface area (Å²) >= 11 is 0. The Morgan fingerprint density at radius 3 is 2.25 bits per heavy atom. The largest absolute Gasteiger partial charge is 0.493 e. The maximum absolute atomic E-state index is 13.3. The summed E-state index contributed by atoms with van der Waals surface area (Å²) in [5.74, 6) is 0.599. The first-order chi connectivity index (χ1) is 12.9. The topological polar surface area (TPSA) is 59.1 Å². The maximum atomic E-state index is 13.3. The summed E-state index contributed by atoms with van der Waals surface area (Å²) in [6.07, 6.45) is 0. The molecule has 1 saturated heterocycles. The average Bonchev–Trinajstić information content (AvgIpc) is 2.68. The van der Waals surface area contributed by atoms with Crippen LogP contribution in [-0.4, -0.2) is 58.0 Å². The smallest absolute Gasteiger partial charge is 0.243 e. The summed E-state index contributed by atoms with van der Waals surface area (Å²) in [6, 6.07) is 11.1.